The van der Waals surface area contributed by atoms with E-state index >= 15 is 0 Å². The van der Waals surface area contributed by atoms with Gasteiger partial charge in [0.15, 0.2) is 0 Å². The van der Waals surface area contributed by atoms with Crippen LogP contribution < -0.4 is 5.32 Å². The van der Waals surface area contributed by atoms with Crippen molar-refractivity contribution in [2.75, 3.05) is 5.32 Å². The largest absolute Gasteiger partial charge is 0.459 e. The van der Waals surface area contributed by atoms with Crippen LogP contribution in [-0.4, -0.2) is 18.0 Å². The van der Waals surface area contributed by atoms with Crippen molar-refractivity contribution in [1.82, 2.24) is 0 Å². The molecule has 0 fully saturated rings. The first kappa shape index (κ1) is 16.2. The Morgan fingerprint density at radius 2 is 1.50 bits per heavy atom. The average Bonchev–Trinajstić information content (AvgIpc) is 2.48. The Morgan fingerprint density at radius 3 is 2.05 bits per heavy atom. The van der Waals surface area contributed by atoms with E-state index in [0.717, 1.165) is 4.47 Å². The van der Waals surface area contributed by atoms with Crippen LogP contribution in [0.5, 0.6) is 0 Å². The van der Waals surface area contributed by atoms with Gasteiger partial charge in [-0.2, -0.15) is 0 Å². The van der Waals surface area contributed by atoms with Crippen LogP contribution in [0.15, 0.2) is 53.0 Å². The van der Waals surface area contributed by atoms with Gasteiger partial charge in [0.05, 0.1) is 11.7 Å². The molecule has 2 aromatic rings. The predicted molar refractivity (Wildman–Crippen MR) is 89.1 cm³/mol. The summed E-state index contributed by atoms with van der Waals surface area (Å²) >= 11 is 3.32. The number of hydrogen-bond donors (Lipinski definition) is 1. The fourth-order valence-corrected chi connectivity index (χ4v) is 2.04. The number of ether oxygens (including phenoxy) is 1. The number of esters is 1. The minimum atomic E-state index is -0.374. The smallest absolute Gasteiger partial charge is 0.338 e. The van der Waals surface area contributed by atoms with Crippen molar-refractivity contribution in [3.63, 3.8) is 0 Å². The van der Waals surface area contributed by atoms with Crippen molar-refractivity contribution in [3.8, 4) is 0 Å². The zero-order chi connectivity index (χ0) is 16.1. The predicted octanol–water partition coefficient (Wildman–Crippen LogP) is 4.27. The summed E-state index contributed by atoms with van der Waals surface area (Å²) in [6, 6.07) is 13.7. The lowest BCUT2D eigenvalue weighted by molar-refractivity contribution is 0.0378. The summed E-state index contributed by atoms with van der Waals surface area (Å²) in [6.45, 7) is 3.59. The fourth-order valence-electron chi connectivity index (χ4n) is 1.78. The Labute approximate surface area is 137 Å². The number of anilines is 1. The molecule has 0 bridgehead atoms. The van der Waals surface area contributed by atoms with Crippen molar-refractivity contribution < 1.29 is 14.3 Å². The van der Waals surface area contributed by atoms with Gasteiger partial charge in [0.25, 0.3) is 5.91 Å². The number of carbonyl (C=O) groups is 2. The van der Waals surface area contributed by atoms with Gasteiger partial charge in [-0.15, -0.1) is 0 Å². The summed E-state index contributed by atoms with van der Waals surface area (Å²) in [6.07, 6.45) is -0.163. The lowest BCUT2D eigenvalue weighted by Crippen LogP contribution is -2.13. The monoisotopic (exact) mass is 361 g/mol. The maximum absolute atomic E-state index is 12.1. The standard InChI is InChI=1S/C17H16BrNO3/c1-11(2)22-17(21)13-5-9-15(10-6-13)19-16(20)12-3-7-14(18)8-4-12/h3-11H,1-2H3,(H,19,20). The SMILES string of the molecule is CC(C)OC(=O)c1ccc(NC(=O)c2ccc(Br)cc2)cc1. The second kappa shape index (κ2) is 7.22. The van der Waals surface area contributed by atoms with E-state index < -0.39 is 0 Å². The number of amides is 1. The van der Waals surface area contributed by atoms with Gasteiger partial charge < -0.3 is 10.1 Å². The maximum atomic E-state index is 12.1. The molecule has 0 radical (unpaired) electrons. The van der Waals surface area contributed by atoms with Crippen molar-refractivity contribution in [3.05, 3.63) is 64.1 Å². The minimum absolute atomic E-state index is 0.163. The Balaban J connectivity index is 2.03. The number of benzene rings is 2. The van der Waals surface area contributed by atoms with Gasteiger partial charge in [-0.25, -0.2) is 4.79 Å². The highest BCUT2D eigenvalue weighted by atomic mass is 79.9. The molecule has 0 spiro atoms. The van der Waals surface area contributed by atoms with Gasteiger partial charge in [0.2, 0.25) is 0 Å². The van der Waals surface area contributed by atoms with Gasteiger partial charge in [0, 0.05) is 15.7 Å². The van der Waals surface area contributed by atoms with E-state index in [2.05, 4.69) is 21.2 Å². The third-order valence-corrected chi connectivity index (χ3v) is 3.36. The quantitative estimate of drug-likeness (QED) is 0.827. The molecule has 2 aromatic carbocycles. The van der Waals surface area contributed by atoms with Crippen LogP contribution in [0.4, 0.5) is 5.69 Å². The number of rotatable bonds is 4. The van der Waals surface area contributed by atoms with E-state index in [0.29, 0.717) is 16.8 Å². The highest BCUT2D eigenvalue weighted by Gasteiger charge is 2.10. The highest BCUT2D eigenvalue weighted by Crippen LogP contribution is 2.14. The van der Waals surface area contributed by atoms with Gasteiger partial charge in [-0.05, 0) is 62.4 Å². The number of nitrogens with one attached hydrogen (secondary N) is 1. The topological polar surface area (TPSA) is 55.4 Å². The molecule has 0 unspecified atom stereocenters. The number of hydrogen-bond acceptors (Lipinski definition) is 3. The molecule has 114 valence electrons. The first-order valence-electron chi connectivity index (χ1n) is 6.83. The van der Waals surface area contributed by atoms with E-state index in [-0.39, 0.29) is 18.0 Å². The van der Waals surface area contributed by atoms with Crippen LogP contribution in [0.1, 0.15) is 34.6 Å². The molecule has 2 rings (SSSR count). The Morgan fingerprint density at radius 1 is 0.955 bits per heavy atom. The van der Waals surface area contributed by atoms with Crippen LogP contribution in [0, 0.1) is 0 Å². The van der Waals surface area contributed by atoms with Gasteiger partial charge >= 0.3 is 5.97 Å². The molecule has 0 aliphatic carbocycles. The second-order valence-electron chi connectivity index (χ2n) is 4.99. The molecule has 1 N–H and O–H groups in total. The molecule has 0 saturated carbocycles. The molecule has 0 heterocycles. The van der Waals surface area contributed by atoms with Gasteiger partial charge in [0.1, 0.15) is 0 Å². The van der Waals surface area contributed by atoms with Crippen molar-refractivity contribution >= 4 is 33.5 Å². The summed E-state index contributed by atoms with van der Waals surface area (Å²) in [5.74, 6) is -0.578. The van der Waals surface area contributed by atoms with Crippen molar-refractivity contribution in [2.24, 2.45) is 0 Å². The van der Waals surface area contributed by atoms with Crippen LogP contribution in [0.2, 0.25) is 0 Å². The van der Waals surface area contributed by atoms with E-state index in [1.54, 1.807) is 62.4 Å². The summed E-state index contributed by atoms with van der Waals surface area (Å²) in [5.41, 5.74) is 1.64. The molecule has 22 heavy (non-hydrogen) atoms. The molecule has 5 heteroatoms. The molecule has 4 nitrogen and oxygen atoms in total. The van der Waals surface area contributed by atoms with Crippen LogP contribution in [-0.2, 0) is 4.74 Å². The molecule has 0 aliphatic rings. The summed E-state index contributed by atoms with van der Waals surface area (Å²) < 4.78 is 6.02. The van der Waals surface area contributed by atoms with E-state index in [9.17, 15) is 9.59 Å². The van der Waals surface area contributed by atoms with E-state index in [1.807, 2.05) is 0 Å². The molecular formula is C17H16BrNO3. The maximum Gasteiger partial charge on any atom is 0.338 e. The normalized spacial score (nSPS) is 10.4. The molecular weight excluding hydrogens is 346 g/mol. The minimum Gasteiger partial charge on any atom is -0.459 e. The zero-order valence-electron chi connectivity index (χ0n) is 12.3. The van der Waals surface area contributed by atoms with E-state index in [1.165, 1.54) is 0 Å². The van der Waals surface area contributed by atoms with Crippen LogP contribution in [0.3, 0.4) is 0 Å². The second-order valence-corrected chi connectivity index (χ2v) is 5.91. The van der Waals surface area contributed by atoms with Crippen LogP contribution >= 0.6 is 15.9 Å². The third kappa shape index (κ3) is 4.43. The van der Waals surface area contributed by atoms with E-state index in [4.69, 9.17) is 4.74 Å². The fraction of sp³-hybridized carbons (Fsp3) is 0.176. The van der Waals surface area contributed by atoms with Crippen LogP contribution in [0.25, 0.3) is 0 Å². The highest BCUT2D eigenvalue weighted by molar-refractivity contribution is 9.10. The van der Waals surface area contributed by atoms with Gasteiger partial charge in [-0.3, -0.25) is 4.79 Å². The molecule has 1 amide bonds. The molecule has 0 aromatic heterocycles. The molecule has 0 aliphatic heterocycles. The van der Waals surface area contributed by atoms with Crippen molar-refractivity contribution in [1.29, 1.82) is 0 Å². The Hall–Kier alpha value is -2.14. The average molecular weight is 362 g/mol. The summed E-state index contributed by atoms with van der Waals surface area (Å²) in [4.78, 5) is 23.8. The summed E-state index contributed by atoms with van der Waals surface area (Å²) in [5, 5.41) is 2.78. The summed E-state index contributed by atoms with van der Waals surface area (Å²) in [7, 11) is 0. The third-order valence-electron chi connectivity index (χ3n) is 2.83. The van der Waals surface area contributed by atoms with Crippen molar-refractivity contribution in [2.45, 2.75) is 20.0 Å². The zero-order valence-corrected chi connectivity index (χ0v) is 13.9. The van der Waals surface area contributed by atoms with Gasteiger partial charge in [-0.1, -0.05) is 15.9 Å². The Bertz CT molecular complexity index is 663. The first-order valence-corrected chi connectivity index (χ1v) is 7.63. The lowest BCUT2D eigenvalue weighted by Gasteiger charge is -2.09. The number of carbonyl (C=O) groups excluding carboxylic acids is 2. The molecule has 0 atom stereocenters. The Kier molecular flexibility index (Phi) is 5.33. The number of halogens is 1. The lowest BCUT2D eigenvalue weighted by atomic mass is 10.2. The molecule has 0 saturated heterocycles. The first-order chi connectivity index (χ1) is 10.5.